The molecule has 1 amide bonds. The molecule has 0 atom stereocenters. The van der Waals surface area contributed by atoms with Gasteiger partial charge in [-0.05, 0) is 18.2 Å². The topological polar surface area (TPSA) is 85.8 Å². The summed E-state index contributed by atoms with van der Waals surface area (Å²) >= 11 is 1.33. The third kappa shape index (κ3) is 3.26. The summed E-state index contributed by atoms with van der Waals surface area (Å²) in [5.74, 6) is -0.122. The molecule has 6 nitrogen and oxygen atoms in total. The molecule has 106 valence electrons. The molecule has 0 fully saturated rings. The average Bonchev–Trinajstić information content (AvgIpc) is 3.11. The van der Waals surface area contributed by atoms with Crippen LogP contribution in [0.2, 0.25) is 0 Å². The molecule has 2 heterocycles. The molecule has 0 aliphatic rings. The molecule has 3 aromatic rings. The molecule has 7 heteroatoms. The number of nitrogen functional groups attached to an aromatic ring is 1. The number of thiazole rings is 1. The first kappa shape index (κ1) is 13.3. The second kappa shape index (κ2) is 5.76. The first-order chi connectivity index (χ1) is 10.2. The Hall–Kier alpha value is -2.67. The molecule has 0 saturated carbocycles. The number of rotatable bonds is 4. The molecule has 0 spiro atoms. The molecular formula is C14H13N5OS. The fourth-order valence-electron chi connectivity index (χ4n) is 1.93. The van der Waals surface area contributed by atoms with Crippen LogP contribution in [0.5, 0.6) is 0 Å². The number of nitrogens with one attached hydrogen (secondary N) is 1. The van der Waals surface area contributed by atoms with Gasteiger partial charge >= 0.3 is 0 Å². The number of hydrogen-bond donors (Lipinski definition) is 2. The van der Waals surface area contributed by atoms with Crippen LogP contribution in [0.3, 0.4) is 0 Å². The van der Waals surface area contributed by atoms with Crippen LogP contribution in [0.25, 0.3) is 5.69 Å². The smallest absolute Gasteiger partial charge is 0.230 e. The van der Waals surface area contributed by atoms with Gasteiger partial charge in [0.05, 0.1) is 18.4 Å². The molecule has 3 N–H and O–H groups in total. The van der Waals surface area contributed by atoms with Crippen molar-refractivity contribution in [3.63, 3.8) is 0 Å². The highest BCUT2D eigenvalue weighted by Gasteiger charge is 2.07. The molecular weight excluding hydrogens is 286 g/mol. The lowest BCUT2D eigenvalue weighted by molar-refractivity contribution is -0.115. The van der Waals surface area contributed by atoms with Gasteiger partial charge in [-0.25, -0.2) is 9.97 Å². The van der Waals surface area contributed by atoms with Crippen LogP contribution < -0.4 is 11.1 Å². The predicted octanol–water partition coefficient (Wildman–Crippen LogP) is 2.09. The summed E-state index contributed by atoms with van der Waals surface area (Å²) in [5.41, 5.74) is 7.89. The van der Waals surface area contributed by atoms with Gasteiger partial charge in [0.2, 0.25) is 5.91 Å². The van der Waals surface area contributed by atoms with E-state index in [1.807, 2.05) is 35.0 Å². The van der Waals surface area contributed by atoms with Gasteiger partial charge in [0.1, 0.15) is 0 Å². The highest BCUT2D eigenvalue weighted by atomic mass is 32.1. The van der Waals surface area contributed by atoms with E-state index in [4.69, 9.17) is 5.73 Å². The minimum absolute atomic E-state index is 0.122. The summed E-state index contributed by atoms with van der Waals surface area (Å²) in [6, 6.07) is 7.55. The van der Waals surface area contributed by atoms with Crippen LogP contribution in [0, 0.1) is 0 Å². The van der Waals surface area contributed by atoms with Crippen LogP contribution in [0.15, 0.2) is 48.4 Å². The van der Waals surface area contributed by atoms with Crippen LogP contribution in [-0.4, -0.2) is 20.4 Å². The van der Waals surface area contributed by atoms with Gasteiger partial charge in [-0.3, -0.25) is 4.79 Å². The quantitative estimate of drug-likeness (QED) is 0.772. The summed E-state index contributed by atoms with van der Waals surface area (Å²) < 4.78 is 1.87. The normalized spacial score (nSPS) is 10.5. The summed E-state index contributed by atoms with van der Waals surface area (Å²) in [6.45, 7) is 0. The van der Waals surface area contributed by atoms with Crippen molar-refractivity contribution in [2.45, 2.75) is 6.42 Å². The largest absolute Gasteiger partial charge is 0.375 e. The van der Waals surface area contributed by atoms with Crippen molar-refractivity contribution in [1.29, 1.82) is 0 Å². The average molecular weight is 299 g/mol. The van der Waals surface area contributed by atoms with E-state index in [9.17, 15) is 4.79 Å². The number of carbonyl (C=O) groups excluding carboxylic acids is 1. The van der Waals surface area contributed by atoms with Crippen molar-refractivity contribution in [1.82, 2.24) is 14.5 Å². The zero-order valence-corrected chi connectivity index (χ0v) is 11.9. The van der Waals surface area contributed by atoms with E-state index in [1.54, 1.807) is 17.9 Å². The van der Waals surface area contributed by atoms with Crippen molar-refractivity contribution in [2.75, 3.05) is 11.1 Å². The summed E-state index contributed by atoms with van der Waals surface area (Å²) in [7, 11) is 0. The second-order valence-electron chi connectivity index (χ2n) is 4.42. The highest BCUT2D eigenvalue weighted by molar-refractivity contribution is 7.13. The molecule has 21 heavy (non-hydrogen) atoms. The zero-order chi connectivity index (χ0) is 14.7. The number of anilines is 2. The standard InChI is InChI=1S/C14H13N5OS/c15-14-18-11(8-21-14)7-13(20)17-10-2-1-3-12(6-10)19-5-4-16-9-19/h1-6,8-9H,7H2,(H2,15,18)(H,17,20). The Kier molecular flexibility index (Phi) is 3.65. The lowest BCUT2D eigenvalue weighted by atomic mass is 10.2. The first-order valence-electron chi connectivity index (χ1n) is 6.29. The molecule has 0 bridgehead atoms. The molecule has 2 aromatic heterocycles. The van der Waals surface area contributed by atoms with Crippen LogP contribution in [0.1, 0.15) is 5.69 Å². The van der Waals surface area contributed by atoms with Crippen molar-refractivity contribution in [3.8, 4) is 5.69 Å². The Morgan fingerprint density at radius 3 is 3.05 bits per heavy atom. The van der Waals surface area contributed by atoms with Crippen LogP contribution in [-0.2, 0) is 11.2 Å². The third-order valence-electron chi connectivity index (χ3n) is 2.84. The maximum Gasteiger partial charge on any atom is 0.230 e. The second-order valence-corrected chi connectivity index (χ2v) is 5.31. The number of benzene rings is 1. The van der Waals surface area contributed by atoms with Gasteiger partial charge in [-0.2, -0.15) is 0 Å². The van der Waals surface area contributed by atoms with E-state index in [2.05, 4.69) is 15.3 Å². The van der Waals surface area contributed by atoms with Crippen molar-refractivity contribution >= 4 is 28.1 Å². The van der Waals surface area contributed by atoms with Gasteiger partial charge in [0.15, 0.2) is 5.13 Å². The number of amides is 1. The Bertz CT molecular complexity index is 750. The minimum Gasteiger partial charge on any atom is -0.375 e. The van der Waals surface area contributed by atoms with Crippen molar-refractivity contribution in [3.05, 3.63) is 54.1 Å². The summed E-state index contributed by atoms with van der Waals surface area (Å²) in [6.07, 6.45) is 5.47. The van der Waals surface area contributed by atoms with Crippen molar-refractivity contribution < 1.29 is 4.79 Å². The lowest BCUT2D eigenvalue weighted by Gasteiger charge is -2.07. The van der Waals surface area contributed by atoms with Gasteiger partial charge in [-0.1, -0.05) is 6.07 Å². The molecule has 0 aliphatic carbocycles. The number of hydrogen-bond acceptors (Lipinski definition) is 5. The van der Waals surface area contributed by atoms with Gasteiger partial charge in [0, 0.05) is 29.1 Å². The number of aromatic nitrogens is 3. The Morgan fingerprint density at radius 1 is 1.43 bits per heavy atom. The maximum absolute atomic E-state index is 12.0. The molecule has 0 radical (unpaired) electrons. The number of carbonyl (C=O) groups is 1. The Labute approximate surface area is 125 Å². The fourth-order valence-corrected chi connectivity index (χ4v) is 2.49. The van der Waals surface area contributed by atoms with Crippen molar-refractivity contribution in [2.24, 2.45) is 0 Å². The number of nitrogens with zero attached hydrogens (tertiary/aromatic N) is 3. The Morgan fingerprint density at radius 2 is 2.33 bits per heavy atom. The molecule has 0 aliphatic heterocycles. The van der Waals surface area contributed by atoms with E-state index in [1.165, 1.54) is 11.3 Å². The molecule has 3 rings (SSSR count). The van der Waals surface area contributed by atoms with Crippen LogP contribution in [0.4, 0.5) is 10.8 Å². The monoisotopic (exact) mass is 299 g/mol. The molecule has 0 saturated heterocycles. The highest BCUT2D eigenvalue weighted by Crippen LogP contribution is 2.16. The molecule has 0 unspecified atom stereocenters. The zero-order valence-electron chi connectivity index (χ0n) is 11.1. The van der Waals surface area contributed by atoms with E-state index >= 15 is 0 Å². The fraction of sp³-hybridized carbons (Fsp3) is 0.0714. The first-order valence-corrected chi connectivity index (χ1v) is 7.17. The van der Waals surface area contributed by atoms with Gasteiger partial charge in [0.25, 0.3) is 0 Å². The maximum atomic E-state index is 12.0. The van der Waals surface area contributed by atoms with Crippen LogP contribution >= 0.6 is 11.3 Å². The van der Waals surface area contributed by atoms with E-state index < -0.39 is 0 Å². The van der Waals surface area contributed by atoms with E-state index in [0.29, 0.717) is 10.8 Å². The van der Waals surface area contributed by atoms with E-state index in [-0.39, 0.29) is 12.3 Å². The van der Waals surface area contributed by atoms with Gasteiger partial charge in [-0.15, -0.1) is 11.3 Å². The number of imidazole rings is 1. The lowest BCUT2D eigenvalue weighted by Crippen LogP contribution is -2.14. The number of nitrogens with two attached hydrogens (primary N) is 1. The molecule has 1 aromatic carbocycles. The van der Waals surface area contributed by atoms with Gasteiger partial charge < -0.3 is 15.6 Å². The summed E-state index contributed by atoms with van der Waals surface area (Å²) in [4.78, 5) is 20.1. The Balaban J connectivity index is 1.70. The third-order valence-corrected chi connectivity index (χ3v) is 3.57. The summed E-state index contributed by atoms with van der Waals surface area (Å²) in [5, 5.41) is 5.11. The van der Waals surface area contributed by atoms with E-state index in [0.717, 1.165) is 11.4 Å². The predicted molar refractivity (Wildman–Crippen MR) is 82.4 cm³/mol. The SMILES string of the molecule is Nc1nc(CC(=O)Nc2cccc(-n3ccnc3)c2)cs1. The minimum atomic E-state index is -0.122.